The minimum Gasteiger partial charge on any atom is -0.464 e. The van der Waals surface area contributed by atoms with Crippen LogP contribution in [0.1, 0.15) is 59.3 Å². The van der Waals surface area contributed by atoms with Gasteiger partial charge in [0.2, 0.25) is 0 Å². The molecule has 1 N–H and O–H groups in total. The van der Waals surface area contributed by atoms with Crippen LogP contribution in [0.25, 0.3) is 0 Å². The van der Waals surface area contributed by atoms with Crippen molar-refractivity contribution in [1.82, 2.24) is 5.32 Å². The van der Waals surface area contributed by atoms with Crippen LogP contribution in [0.2, 0.25) is 0 Å². The molecule has 1 aliphatic rings. The van der Waals surface area contributed by atoms with Gasteiger partial charge in [-0.05, 0) is 31.7 Å². The standard InChI is InChI=1S/C13H25NO2.C2H6/c1-3-11-4-6-12(7-5-11)10-13(15)16-9-8-14-2;1-2/h11-12,14H,3-10H2,1-2H3;1-2H3. The van der Waals surface area contributed by atoms with Crippen molar-refractivity contribution in [2.45, 2.75) is 59.3 Å². The maximum Gasteiger partial charge on any atom is 0.306 e. The monoisotopic (exact) mass is 257 g/mol. The Morgan fingerprint density at radius 3 is 2.22 bits per heavy atom. The molecule has 3 nitrogen and oxygen atoms in total. The first-order valence-electron chi connectivity index (χ1n) is 7.56. The van der Waals surface area contributed by atoms with Crippen molar-refractivity contribution < 1.29 is 9.53 Å². The smallest absolute Gasteiger partial charge is 0.306 e. The fraction of sp³-hybridized carbons (Fsp3) is 0.933. The molecule has 0 heterocycles. The van der Waals surface area contributed by atoms with Crippen LogP contribution < -0.4 is 5.32 Å². The Hall–Kier alpha value is -0.570. The molecule has 0 aliphatic heterocycles. The van der Waals surface area contributed by atoms with Crippen LogP contribution in [0.4, 0.5) is 0 Å². The Labute approximate surface area is 113 Å². The second-order valence-electron chi connectivity index (χ2n) is 4.82. The van der Waals surface area contributed by atoms with E-state index in [1.165, 1.54) is 32.1 Å². The van der Waals surface area contributed by atoms with Crippen LogP contribution in [0.3, 0.4) is 0 Å². The minimum absolute atomic E-state index is 0.0183. The molecule has 0 aromatic carbocycles. The molecule has 18 heavy (non-hydrogen) atoms. The van der Waals surface area contributed by atoms with Crippen LogP contribution >= 0.6 is 0 Å². The summed E-state index contributed by atoms with van der Waals surface area (Å²) in [6, 6.07) is 0. The van der Waals surface area contributed by atoms with Crippen molar-refractivity contribution in [3.8, 4) is 0 Å². The van der Waals surface area contributed by atoms with Gasteiger partial charge in [-0.3, -0.25) is 4.79 Å². The van der Waals surface area contributed by atoms with Gasteiger partial charge in [-0.15, -0.1) is 0 Å². The Morgan fingerprint density at radius 1 is 1.17 bits per heavy atom. The lowest BCUT2D eigenvalue weighted by Gasteiger charge is -2.27. The van der Waals surface area contributed by atoms with E-state index in [-0.39, 0.29) is 5.97 Å². The normalized spacial score (nSPS) is 22.9. The number of hydrogen-bond donors (Lipinski definition) is 1. The minimum atomic E-state index is -0.0183. The zero-order valence-corrected chi connectivity index (χ0v) is 12.6. The second-order valence-corrected chi connectivity index (χ2v) is 4.82. The van der Waals surface area contributed by atoms with Gasteiger partial charge in [-0.25, -0.2) is 0 Å². The van der Waals surface area contributed by atoms with Gasteiger partial charge in [-0.1, -0.05) is 40.0 Å². The van der Waals surface area contributed by atoms with E-state index in [9.17, 15) is 4.79 Å². The van der Waals surface area contributed by atoms with Crippen LogP contribution in [0.15, 0.2) is 0 Å². The van der Waals surface area contributed by atoms with Gasteiger partial charge in [0.25, 0.3) is 0 Å². The molecule has 0 aromatic rings. The molecule has 0 spiro atoms. The summed E-state index contributed by atoms with van der Waals surface area (Å²) in [6.45, 7) is 7.50. The highest BCUT2D eigenvalue weighted by molar-refractivity contribution is 5.69. The lowest BCUT2D eigenvalue weighted by molar-refractivity contribution is -0.144. The lowest BCUT2D eigenvalue weighted by atomic mass is 9.79. The van der Waals surface area contributed by atoms with Crippen molar-refractivity contribution in [2.24, 2.45) is 11.8 Å². The van der Waals surface area contributed by atoms with E-state index in [0.29, 0.717) is 18.9 Å². The number of carbonyl (C=O) groups is 1. The van der Waals surface area contributed by atoms with Gasteiger partial charge >= 0.3 is 5.97 Å². The highest BCUT2D eigenvalue weighted by Crippen LogP contribution is 2.32. The van der Waals surface area contributed by atoms with E-state index in [0.717, 1.165) is 12.5 Å². The number of ether oxygens (including phenoxy) is 1. The molecule has 1 aliphatic carbocycles. The van der Waals surface area contributed by atoms with Gasteiger partial charge < -0.3 is 10.1 Å². The average Bonchev–Trinajstić information content (AvgIpc) is 2.42. The molecule has 1 rings (SSSR count). The first kappa shape index (κ1) is 17.4. The molecule has 0 radical (unpaired) electrons. The highest BCUT2D eigenvalue weighted by Gasteiger charge is 2.22. The van der Waals surface area contributed by atoms with Crippen LogP contribution in [0.5, 0.6) is 0 Å². The Morgan fingerprint density at radius 2 is 1.72 bits per heavy atom. The van der Waals surface area contributed by atoms with E-state index in [4.69, 9.17) is 4.74 Å². The number of esters is 1. The quantitative estimate of drug-likeness (QED) is 0.585. The number of carbonyl (C=O) groups excluding carboxylic acids is 1. The van der Waals surface area contributed by atoms with Crippen LogP contribution in [-0.4, -0.2) is 26.2 Å². The van der Waals surface area contributed by atoms with Gasteiger partial charge in [0.1, 0.15) is 6.61 Å². The van der Waals surface area contributed by atoms with Crippen molar-refractivity contribution in [1.29, 1.82) is 0 Å². The number of rotatable bonds is 6. The van der Waals surface area contributed by atoms with Crippen molar-refractivity contribution in [3.63, 3.8) is 0 Å². The third-order valence-corrected chi connectivity index (χ3v) is 3.61. The topological polar surface area (TPSA) is 38.3 Å². The highest BCUT2D eigenvalue weighted by atomic mass is 16.5. The van der Waals surface area contributed by atoms with E-state index in [1.807, 2.05) is 20.9 Å². The third-order valence-electron chi connectivity index (χ3n) is 3.61. The molecule has 0 amide bonds. The summed E-state index contributed by atoms with van der Waals surface area (Å²) in [5.41, 5.74) is 0. The molecule has 3 heteroatoms. The molecule has 1 saturated carbocycles. The summed E-state index contributed by atoms with van der Waals surface area (Å²) in [5.74, 6) is 1.46. The molecule has 0 bridgehead atoms. The maximum absolute atomic E-state index is 11.5. The Bertz CT molecular complexity index is 199. The van der Waals surface area contributed by atoms with E-state index in [1.54, 1.807) is 0 Å². The molecule has 0 saturated heterocycles. The molecule has 0 unspecified atom stereocenters. The summed E-state index contributed by atoms with van der Waals surface area (Å²) in [7, 11) is 1.86. The van der Waals surface area contributed by atoms with Crippen molar-refractivity contribution in [3.05, 3.63) is 0 Å². The zero-order valence-electron chi connectivity index (χ0n) is 12.6. The van der Waals surface area contributed by atoms with E-state index >= 15 is 0 Å². The third kappa shape index (κ3) is 7.70. The fourth-order valence-corrected chi connectivity index (χ4v) is 2.41. The van der Waals surface area contributed by atoms with Gasteiger partial charge in [0, 0.05) is 13.0 Å². The largest absolute Gasteiger partial charge is 0.464 e. The predicted molar refractivity (Wildman–Crippen MR) is 76.6 cm³/mol. The molecular formula is C15H31NO2. The molecule has 0 atom stereocenters. The Kier molecular flexibility index (Phi) is 11.2. The molecule has 0 aromatic heterocycles. The predicted octanol–water partition coefficient (Wildman–Crippen LogP) is 3.38. The summed E-state index contributed by atoms with van der Waals surface area (Å²) in [5, 5.41) is 2.96. The molecule has 1 fully saturated rings. The fourth-order valence-electron chi connectivity index (χ4n) is 2.41. The van der Waals surface area contributed by atoms with E-state index in [2.05, 4.69) is 12.2 Å². The second kappa shape index (κ2) is 11.5. The van der Waals surface area contributed by atoms with Gasteiger partial charge in [0.05, 0.1) is 0 Å². The first-order valence-corrected chi connectivity index (χ1v) is 7.56. The molecular weight excluding hydrogens is 226 g/mol. The van der Waals surface area contributed by atoms with Crippen LogP contribution in [0, 0.1) is 11.8 Å². The van der Waals surface area contributed by atoms with Gasteiger partial charge in [0.15, 0.2) is 0 Å². The van der Waals surface area contributed by atoms with Crippen molar-refractivity contribution >= 4 is 5.97 Å². The molecule has 108 valence electrons. The summed E-state index contributed by atoms with van der Waals surface area (Å²) < 4.78 is 5.14. The lowest BCUT2D eigenvalue weighted by Crippen LogP contribution is -2.21. The summed E-state index contributed by atoms with van der Waals surface area (Å²) >= 11 is 0. The average molecular weight is 257 g/mol. The maximum atomic E-state index is 11.5. The SMILES string of the molecule is CC.CCC1CCC(CC(=O)OCCNC)CC1. The summed E-state index contributed by atoms with van der Waals surface area (Å²) in [4.78, 5) is 11.5. The Balaban J connectivity index is 0.00000137. The van der Waals surface area contributed by atoms with Crippen LogP contribution in [-0.2, 0) is 9.53 Å². The number of hydrogen-bond acceptors (Lipinski definition) is 3. The zero-order chi connectivity index (χ0) is 13.8. The van der Waals surface area contributed by atoms with Crippen molar-refractivity contribution in [2.75, 3.05) is 20.2 Å². The van der Waals surface area contributed by atoms with Gasteiger partial charge in [-0.2, -0.15) is 0 Å². The number of nitrogens with one attached hydrogen (secondary N) is 1. The number of likely N-dealkylation sites (N-methyl/N-ethyl adjacent to an activating group) is 1. The summed E-state index contributed by atoms with van der Waals surface area (Å²) in [6.07, 6.45) is 6.93. The van der Waals surface area contributed by atoms with E-state index < -0.39 is 0 Å². The first-order chi connectivity index (χ1) is 8.76.